The highest BCUT2D eigenvalue weighted by Crippen LogP contribution is 2.37. The zero-order valence-corrected chi connectivity index (χ0v) is 16.7. The van der Waals surface area contributed by atoms with E-state index in [1.165, 1.54) is 35.2 Å². The number of aromatic hydroxyl groups is 1. The van der Waals surface area contributed by atoms with E-state index >= 15 is 0 Å². The number of carbonyl (C=O) groups excluding carboxylic acids is 1. The van der Waals surface area contributed by atoms with E-state index < -0.39 is 5.54 Å². The minimum atomic E-state index is -0.763. The van der Waals surface area contributed by atoms with Crippen LogP contribution in [0.3, 0.4) is 0 Å². The summed E-state index contributed by atoms with van der Waals surface area (Å²) < 4.78 is 15.4. The van der Waals surface area contributed by atoms with E-state index in [1.807, 2.05) is 6.92 Å². The van der Waals surface area contributed by atoms with Crippen molar-refractivity contribution >= 4 is 49.9 Å². The Morgan fingerprint density at radius 1 is 1.32 bits per heavy atom. The number of thioether (sulfide) groups is 1. The summed E-state index contributed by atoms with van der Waals surface area (Å²) in [6.45, 7) is 1.85. The van der Waals surface area contributed by atoms with Gasteiger partial charge in [0.05, 0.1) is 11.1 Å². The molecule has 5 nitrogen and oxygen atoms in total. The molecule has 1 unspecified atom stereocenters. The van der Waals surface area contributed by atoms with Crippen LogP contribution in [0.5, 0.6) is 5.75 Å². The van der Waals surface area contributed by atoms with Gasteiger partial charge in [0.15, 0.2) is 5.17 Å². The van der Waals surface area contributed by atoms with E-state index in [0.29, 0.717) is 33.8 Å². The maximum absolute atomic E-state index is 14.5. The number of carbonyl (C=O) groups is 1. The smallest absolute Gasteiger partial charge is 0.257 e. The van der Waals surface area contributed by atoms with E-state index in [0.717, 1.165) is 10.5 Å². The number of nitrogens with two attached hydrogens (primary N) is 1. The Hall–Kier alpha value is -2.58. The normalized spacial score (nSPS) is 19.4. The molecule has 0 spiro atoms. The summed E-state index contributed by atoms with van der Waals surface area (Å²) in [5.74, 6) is 0.158. The number of aliphatic imine (C=N–C) groups is 1. The fraction of sp³-hybridized carbons (Fsp3) is 0.200. The van der Waals surface area contributed by atoms with Crippen molar-refractivity contribution in [3.8, 4) is 5.75 Å². The number of fused-ring (bicyclic) bond motifs is 1. The van der Waals surface area contributed by atoms with Crippen LogP contribution in [0.4, 0.5) is 10.1 Å². The third-order valence-electron chi connectivity index (χ3n) is 4.80. The van der Waals surface area contributed by atoms with Gasteiger partial charge in [0.25, 0.3) is 5.91 Å². The minimum absolute atomic E-state index is 0.0996. The number of amides is 1. The number of benzene rings is 2. The predicted octanol–water partition coefficient (Wildman–Crippen LogP) is 4.67. The molecule has 3 aromatic rings. The molecule has 1 aliphatic heterocycles. The first-order valence-electron chi connectivity index (χ1n) is 8.65. The molecule has 0 fully saturated rings. The van der Waals surface area contributed by atoms with Gasteiger partial charge in [-0.15, -0.1) is 11.3 Å². The van der Waals surface area contributed by atoms with Gasteiger partial charge in [0, 0.05) is 32.5 Å². The zero-order chi connectivity index (χ0) is 19.9. The van der Waals surface area contributed by atoms with E-state index in [-0.39, 0.29) is 17.5 Å². The molecule has 1 aliphatic rings. The van der Waals surface area contributed by atoms with E-state index in [1.54, 1.807) is 29.6 Å². The Kier molecular flexibility index (Phi) is 4.76. The monoisotopic (exact) mass is 415 g/mol. The molecule has 1 atom stereocenters. The molecule has 1 aromatic heterocycles. The first kappa shape index (κ1) is 18.8. The van der Waals surface area contributed by atoms with Gasteiger partial charge in [-0.1, -0.05) is 11.8 Å². The molecule has 28 heavy (non-hydrogen) atoms. The van der Waals surface area contributed by atoms with Crippen molar-refractivity contribution in [2.24, 2.45) is 10.7 Å². The maximum Gasteiger partial charge on any atom is 0.257 e. The summed E-state index contributed by atoms with van der Waals surface area (Å²) in [5, 5.41) is 15.4. The number of phenols is 1. The van der Waals surface area contributed by atoms with Gasteiger partial charge in [-0.25, -0.2) is 4.39 Å². The highest BCUT2D eigenvalue weighted by Gasteiger charge is 2.32. The molecule has 4 rings (SSSR count). The largest absolute Gasteiger partial charge is 0.508 e. The second kappa shape index (κ2) is 7.10. The molecular weight excluding hydrogens is 397 g/mol. The van der Waals surface area contributed by atoms with Crippen molar-refractivity contribution in [1.82, 2.24) is 0 Å². The molecular formula is C20H18FN3O2S2. The third-order valence-corrected chi connectivity index (χ3v) is 6.56. The predicted molar refractivity (Wildman–Crippen MR) is 114 cm³/mol. The number of anilines is 1. The second-order valence-corrected chi connectivity index (χ2v) is 8.83. The Morgan fingerprint density at radius 3 is 2.93 bits per heavy atom. The van der Waals surface area contributed by atoms with Crippen molar-refractivity contribution in [1.29, 1.82) is 0 Å². The number of rotatable bonds is 3. The maximum atomic E-state index is 14.5. The summed E-state index contributed by atoms with van der Waals surface area (Å²) in [6.07, 6.45) is 0.654. The Balaban J connectivity index is 1.66. The Morgan fingerprint density at radius 2 is 2.14 bits per heavy atom. The van der Waals surface area contributed by atoms with Gasteiger partial charge in [0.2, 0.25) is 0 Å². The first-order valence-corrected chi connectivity index (χ1v) is 10.5. The zero-order valence-electron chi connectivity index (χ0n) is 15.0. The summed E-state index contributed by atoms with van der Waals surface area (Å²) in [6, 6.07) is 9.40. The number of amidine groups is 1. The molecule has 0 saturated heterocycles. The molecule has 144 valence electrons. The molecule has 8 heteroatoms. The number of halogens is 1. The van der Waals surface area contributed by atoms with Gasteiger partial charge in [-0.05, 0) is 49.7 Å². The molecule has 2 heterocycles. The SMILES string of the molecule is CC1(c2cc(NC(=O)c3csc4ccc(O)cc34)ccc2F)CCSC(N)=N1. The average molecular weight is 416 g/mol. The van der Waals surface area contributed by atoms with E-state index in [4.69, 9.17) is 5.73 Å². The fourth-order valence-corrected chi connectivity index (χ4v) is 5.18. The highest BCUT2D eigenvalue weighted by atomic mass is 32.2. The number of hydrogen-bond donors (Lipinski definition) is 3. The van der Waals surface area contributed by atoms with E-state index in [2.05, 4.69) is 10.3 Å². The average Bonchev–Trinajstić information content (AvgIpc) is 3.06. The number of nitrogens with one attached hydrogen (secondary N) is 1. The summed E-state index contributed by atoms with van der Waals surface area (Å²) in [4.78, 5) is 17.2. The van der Waals surface area contributed by atoms with Gasteiger partial charge >= 0.3 is 0 Å². The number of hydrogen-bond acceptors (Lipinski definition) is 6. The quantitative estimate of drug-likeness (QED) is 0.580. The van der Waals surface area contributed by atoms with Crippen molar-refractivity contribution in [3.63, 3.8) is 0 Å². The molecule has 2 aromatic carbocycles. The lowest BCUT2D eigenvalue weighted by Gasteiger charge is -2.30. The van der Waals surface area contributed by atoms with Crippen molar-refractivity contribution in [3.05, 3.63) is 58.7 Å². The molecule has 0 radical (unpaired) electrons. The van der Waals surface area contributed by atoms with Crippen LogP contribution >= 0.6 is 23.1 Å². The lowest BCUT2D eigenvalue weighted by atomic mass is 9.89. The summed E-state index contributed by atoms with van der Waals surface area (Å²) in [5.41, 5.74) is 6.43. The summed E-state index contributed by atoms with van der Waals surface area (Å²) >= 11 is 2.88. The topological polar surface area (TPSA) is 87.7 Å². The second-order valence-electron chi connectivity index (χ2n) is 6.80. The molecule has 1 amide bonds. The minimum Gasteiger partial charge on any atom is -0.508 e. The lowest BCUT2D eigenvalue weighted by molar-refractivity contribution is 0.102. The van der Waals surface area contributed by atoms with Crippen LogP contribution in [0, 0.1) is 5.82 Å². The van der Waals surface area contributed by atoms with Gasteiger partial charge < -0.3 is 16.2 Å². The molecule has 4 N–H and O–H groups in total. The molecule has 0 aliphatic carbocycles. The van der Waals surface area contributed by atoms with Crippen molar-refractivity contribution in [2.75, 3.05) is 11.1 Å². The standard InChI is InChI=1S/C20H18FN3O2S2/c1-20(6-7-27-19(22)24-20)15-8-11(2-4-16(15)21)23-18(26)14-10-28-17-5-3-12(25)9-13(14)17/h2-5,8-10,25H,6-7H2,1H3,(H2,22,24)(H,23,26). The summed E-state index contributed by atoms with van der Waals surface area (Å²) in [7, 11) is 0. The number of thiophene rings is 1. The van der Waals surface area contributed by atoms with Crippen LogP contribution in [0.2, 0.25) is 0 Å². The lowest BCUT2D eigenvalue weighted by Crippen LogP contribution is -2.29. The van der Waals surface area contributed by atoms with Gasteiger partial charge in [-0.3, -0.25) is 9.79 Å². The van der Waals surface area contributed by atoms with Crippen LogP contribution in [0.1, 0.15) is 29.3 Å². The third kappa shape index (κ3) is 3.45. The fourth-order valence-electron chi connectivity index (χ4n) is 3.29. The van der Waals surface area contributed by atoms with Gasteiger partial charge in [0.1, 0.15) is 11.6 Å². The van der Waals surface area contributed by atoms with Crippen molar-refractivity contribution in [2.45, 2.75) is 18.9 Å². The molecule has 0 saturated carbocycles. The number of phenolic OH excluding ortho intramolecular Hbond substituents is 1. The van der Waals surface area contributed by atoms with Crippen LogP contribution in [-0.4, -0.2) is 21.9 Å². The number of nitrogens with zero attached hydrogens (tertiary/aromatic N) is 1. The molecule has 0 bridgehead atoms. The van der Waals surface area contributed by atoms with Crippen LogP contribution in [0.15, 0.2) is 46.8 Å². The highest BCUT2D eigenvalue weighted by molar-refractivity contribution is 8.13. The van der Waals surface area contributed by atoms with Gasteiger partial charge in [-0.2, -0.15) is 0 Å². The Labute approximate surface area is 169 Å². The van der Waals surface area contributed by atoms with Crippen LogP contribution < -0.4 is 11.1 Å². The van der Waals surface area contributed by atoms with Crippen molar-refractivity contribution < 1.29 is 14.3 Å². The van der Waals surface area contributed by atoms with Crippen LogP contribution in [-0.2, 0) is 5.54 Å². The first-order chi connectivity index (χ1) is 13.4. The Bertz CT molecular complexity index is 1110. The van der Waals surface area contributed by atoms with Crippen LogP contribution in [0.25, 0.3) is 10.1 Å². The van der Waals surface area contributed by atoms with E-state index in [9.17, 15) is 14.3 Å².